The number of aromatic carboxylic acids is 1. The van der Waals surface area contributed by atoms with Gasteiger partial charge in [-0.2, -0.15) is 8.78 Å². The summed E-state index contributed by atoms with van der Waals surface area (Å²) in [5.74, 6) is -0.128. The van der Waals surface area contributed by atoms with Crippen LogP contribution in [-0.4, -0.2) is 28.9 Å². The lowest BCUT2D eigenvalue weighted by atomic mass is 10.1. The van der Waals surface area contributed by atoms with Crippen LogP contribution in [0.5, 0.6) is 11.5 Å². The van der Waals surface area contributed by atoms with E-state index in [1.165, 1.54) is 6.07 Å². The van der Waals surface area contributed by atoms with Gasteiger partial charge in [0.25, 0.3) is 0 Å². The molecular formula is C23H21F2NO4. The van der Waals surface area contributed by atoms with Crippen molar-refractivity contribution >= 4 is 5.97 Å². The summed E-state index contributed by atoms with van der Waals surface area (Å²) in [6, 6.07) is 13.6. The summed E-state index contributed by atoms with van der Waals surface area (Å²) >= 11 is 0. The van der Waals surface area contributed by atoms with Crippen LogP contribution in [0.25, 0.3) is 11.1 Å². The van der Waals surface area contributed by atoms with Gasteiger partial charge in [-0.1, -0.05) is 18.2 Å². The molecule has 0 saturated heterocycles. The van der Waals surface area contributed by atoms with E-state index in [4.69, 9.17) is 9.84 Å². The summed E-state index contributed by atoms with van der Waals surface area (Å²) in [5, 5.41) is 9.17. The fourth-order valence-electron chi connectivity index (χ4n) is 3.20. The van der Waals surface area contributed by atoms with Gasteiger partial charge in [-0.15, -0.1) is 0 Å². The van der Waals surface area contributed by atoms with Crippen LogP contribution in [0.4, 0.5) is 8.78 Å². The van der Waals surface area contributed by atoms with E-state index in [2.05, 4.69) is 4.74 Å². The molecule has 1 saturated carbocycles. The number of alkyl halides is 2. The van der Waals surface area contributed by atoms with Crippen LogP contribution < -0.4 is 9.47 Å². The van der Waals surface area contributed by atoms with Crippen LogP contribution >= 0.6 is 0 Å². The second-order valence-electron chi connectivity index (χ2n) is 7.37. The molecule has 1 aromatic heterocycles. The van der Waals surface area contributed by atoms with E-state index in [0.29, 0.717) is 24.8 Å². The van der Waals surface area contributed by atoms with Crippen molar-refractivity contribution in [2.24, 2.45) is 5.92 Å². The normalized spacial score (nSPS) is 13.4. The van der Waals surface area contributed by atoms with Crippen LogP contribution in [0.2, 0.25) is 0 Å². The highest BCUT2D eigenvalue weighted by molar-refractivity contribution is 5.89. The molecule has 2 aromatic carbocycles. The second kappa shape index (κ2) is 8.57. The zero-order valence-electron chi connectivity index (χ0n) is 16.1. The molecule has 0 unspecified atom stereocenters. The molecule has 156 valence electrons. The van der Waals surface area contributed by atoms with E-state index >= 15 is 0 Å². The third-order valence-electron chi connectivity index (χ3n) is 4.95. The fraction of sp³-hybridized carbons (Fsp3) is 0.261. The van der Waals surface area contributed by atoms with E-state index < -0.39 is 12.6 Å². The van der Waals surface area contributed by atoms with Crippen molar-refractivity contribution < 1.29 is 28.2 Å². The maximum atomic E-state index is 12.7. The molecule has 1 aliphatic carbocycles. The van der Waals surface area contributed by atoms with Crippen LogP contribution in [0.15, 0.2) is 60.9 Å². The molecule has 30 heavy (non-hydrogen) atoms. The molecule has 1 heterocycles. The first-order valence-electron chi connectivity index (χ1n) is 9.68. The summed E-state index contributed by atoms with van der Waals surface area (Å²) < 4.78 is 37.6. The molecule has 1 aliphatic rings. The highest BCUT2D eigenvalue weighted by Crippen LogP contribution is 2.34. The van der Waals surface area contributed by atoms with Crippen LogP contribution in [0.3, 0.4) is 0 Å². The average Bonchev–Trinajstić information content (AvgIpc) is 3.44. The van der Waals surface area contributed by atoms with Gasteiger partial charge in [0.15, 0.2) is 11.5 Å². The number of carboxylic acid groups (broad SMARTS) is 1. The lowest BCUT2D eigenvalue weighted by Gasteiger charge is -2.14. The Kier molecular flexibility index (Phi) is 5.70. The van der Waals surface area contributed by atoms with E-state index in [-0.39, 0.29) is 11.3 Å². The zero-order chi connectivity index (χ0) is 21.1. The zero-order valence-corrected chi connectivity index (χ0v) is 16.1. The number of halogens is 2. The minimum atomic E-state index is -2.91. The monoisotopic (exact) mass is 413 g/mol. The first-order valence-corrected chi connectivity index (χ1v) is 9.68. The number of hydrogen-bond acceptors (Lipinski definition) is 3. The molecule has 1 N–H and O–H groups in total. The standard InChI is InChI=1S/C23H21F2NO4/c24-23(25)30-20-7-6-16(10-21(20)29-14-15-4-5-15)12-26-9-8-19(13-26)17-2-1-3-18(11-17)22(27)28/h1-3,6-11,13,15,23H,4-5,12,14H2,(H,27,28). The van der Waals surface area contributed by atoms with Gasteiger partial charge in [0, 0.05) is 18.9 Å². The molecule has 1 fully saturated rings. The summed E-state index contributed by atoms with van der Waals surface area (Å²) in [6.45, 7) is -1.91. The van der Waals surface area contributed by atoms with Gasteiger partial charge in [0.05, 0.1) is 12.2 Å². The van der Waals surface area contributed by atoms with Gasteiger partial charge in [-0.3, -0.25) is 0 Å². The lowest BCUT2D eigenvalue weighted by molar-refractivity contribution is -0.0515. The topological polar surface area (TPSA) is 60.7 Å². The third kappa shape index (κ3) is 4.97. The molecular weight excluding hydrogens is 392 g/mol. The second-order valence-corrected chi connectivity index (χ2v) is 7.37. The molecule has 3 aromatic rings. The predicted octanol–water partition coefficient (Wildman–Crippen LogP) is 5.29. The Morgan fingerprint density at radius 2 is 1.93 bits per heavy atom. The largest absolute Gasteiger partial charge is 0.489 e. The van der Waals surface area contributed by atoms with Crippen LogP contribution in [-0.2, 0) is 6.54 Å². The molecule has 7 heteroatoms. The van der Waals surface area contributed by atoms with Crippen molar-refractivity contribution in [3.8, 4) is 22.6 Å². The van der Waals surface area contributed by atoms with Crippen LogP contribution in [0, 0.1) is 5.92 Å². The quantitative estimate of drug-likeness (QED) is 0.518. The minimum Gasteiger partial charge on any atom is -0.489 e. The predicted molar refractivity (Wildman–Crippen MR) is 107 cm³/mol. The van der Waals surface area contributed by atoms with Crippen molar-refractivity contribution in [1.29, 1.82) is 0 Å². The minimum absolute atomic E-state index is 0.0353. The van der Waals surface area contributed by atoms with Crippen LogP contribution in [0.1, 0.15) is 28.8 Å². The van der Waals surface area contributed by atoms with E-state index in [1.54, 1.807) is 30.3 Å². The van der Waals surface area contributed by atoms with Crippen molar-refractivity contribution in [2.45, 2.75) is 26.0 Å². The van der Waals surface area contributed by atoms with Gasteiger partial charge in [-0.05, 0) is 65.8 Å². The van der Waals surface area contributed by atoms with E-state index in [1.807, 2.05) is 29.1 Å². The number of rotatable bonds is 9. The summed E-state index contributed by atoms with van der Waals surface area (Å²) in [4.78, 5) is 11.2. The molecule has 0 spiro atoms. The highest BCUT2D eigenvalue weighted by Gasteiger charge is 2.23. The number of carboxylic acids is 1. The van der Waals surface area contributed by atoms with Gasteiger partial charge in [-0.25, -0.2) is 4.79 Å². The Bertz CT molecular complexity index is 1040. The number of hydrogen-bond donors (Lipinski definition) is 1. The number of aromatic nitrogens is 1. The Morgan fingerprint density at radius 3 is 2.67 bits per heavy atom. The van der Waals surface area contributed by atoms with Gasteiger partial charge >= 0.3 is 12.6 Å². The molecule has 0 amide bonds. The van der Waals surface area contributed by atoms with E-state index in [9.17, 15) is 13.6 Å². The molecule has 5 nitrogen and oxygen atoms in total. The Hall–Kier alpha value is -3.35. The molecule has 0 aliphatic heterocycles. The van der Waals surface area contributed by atoms with Crippen molar-refractivity contribution in [2.75, 3.05) is 6.61 Å². The molecule has 0 bridgehead atoms. The number of carbonyl (C=O) groups is 1. The molecule has 4 rings (SSSR count). The maximum Gasteiger partial charge on any atom is 0.387 e. The Morgan fingerprint density at radius 1 is 1.10 bits per heavy atom. The highest BCUT2D eigenvalue weighted by atomic mass is 19.3. The molecule has 0 radical (unpaired) electrons. The number of benzene rings is 2. The summed E-state index contributed by atoms with van der Waals surface area (Å²) in [5.41, 5.74) is 2.81. The summed E-state index contributed by atoms with van der Waals surface area (Å²) in [7, 11) is 0. The van der Waals surface area contributed by atoms with Gasteiger partial charge in [0.1, 0.15) is 0 Å². The van der Waals surface area contributed by atoms with Gasteiger partial charge < -0.3 is 19.1 Å². The number of ether oxygens (including phenoxy) is 2. The smallest absolute Gasteiger partial charge is 0.387 e. The SMILES string of the molecule is O=C(O)c1cccc(-c2ccn(Cc3ccc(OC(F)F)c(OCC4CC4)c3)c2)c1. The Balaban J connectivity index is 1.51. The van der Waals surface area contributed by atoms with E-state index in [0.717, 1.165) is 29.5 Å². The molecule has 0 atom stereocenters. The first-order chi connectivity index (χ1) is 14.5. The number of nitrogens with zero attached hydrogens (tertiary/aromatic N) is 1. The first kappa shape index (κ1) is 19.9. The Labute approximate surface area is 172 Å². The summed E-state index contributed by atoms with van der Waals surface area (Å²) in [6.07, 6.45) is 5.99. The van der Waals surface area contributed by atoms with Gasteiger partial charge in [0.2, 0.25) is 0 Å². The van der Waals surface area contributed by atoms with Crippen molar-refractivity contribution in [1.82, 2.24) is 4.57 Å². The van der Waals surface area contributed by atoms with Crippen molar-refractivity contribution in [3.63, 3.8) is 0 Å². The van der Waals surface area contributed by atoms with Crippen molar-refractivity contribution in [3.05, 3.63) is 72.1 Å². The fourth-order valence-corrected chi connectivity index (χ4v) is 3.20. The third-order valence-corrected chi connectivity index (χ3v) is 4.95. The average molecular weight is 413 g/mol. The lowest BCUT2D eigenvalue weighted by Crippen LogP contribution is -2.07. The maximum absolute atomic E-state index is 12.7.